The maximum Gasteiger partial charge on any atom is 0.264 e. The number of benzene rings is 2. The fourth-order valence-corrected chi connectivity index (χ4v) is 3.73. The summed E-state index contributed by atoms with van der Waals surface area (Å²) < 4.78 is 36.6. The van der Waals surface area contributed by atoms with Crippen LogP contribution in [0, 0.1) is 0 Å². The third kappa shape index (κ3) is 7.05. The first kappa shape index (κ1) is 22.0. The Kier molecular flexibility index (Phi) is 8.60. The van der Waals surface area contributed by atoms with Crippen molar-refractivity contribution in [1.82, 2.24) is 0 Å². The molecular formula is C21H30N2O4S. The van der Waals surface area contributed by atoms with Crippen LogP contribution in [0.25, 0.3) is 0 Å². The van der Waals surface area contributed by atoms with Crippen LogP contribution < -0.4 is 15.0 Å². The lowest BCUT2D eigenvalue weighted by Crippen LogP contribution is -2.27. The molecule has 6 nitrogen and oxygen atoms in total. The second-order valence-electron chi connectivity index (χ2n) is 6.57. The van der Waals surface area contributed by atoms with Crippen LogP contribution in [0.1, 0.15) is 25.3 Å². The summed E-state index contributed by atoms with van der Waals surface area (Å²) in [6.07, 6.45) is 2.15. The normalized spacial score (nSPS) is 11.2. The summed E-state index contributed by atoms with van der Waals surface area (Å²) in [6, 6.07) is 16.0. The van der Waals surface area contributed by atoms with Crippen LogP contribution in [0.5, 0.6) is 5.75 Å². The van der Waals surface area contributed by atoms with E-state index in [2.05, 4.69) is 10.2 Å². The lowest BCUT2D eigenvalue weighted by molar-refractivity contribution is 0.409. The third-order valence-electron chi connectivity index (χ3n) is 4.59. The number of anilines is 2. The van der Waals surface area contributed by atoms with Crippen LogP contribution in [0.4, 0.5) is 11.4 Å². The van der Waals surface area contributed by atoms with Crippen molar-refractivity contribution >= 4 is 21.5 Å². The number of hydrogen-bond donors (Lipinski definition) is 2. The summed E-state index contributed by atoms with van der Waals surface area (Å²) in [5.74, 6) is 0.606. The summed E-state index contributed by atoms with van der Waals surface area (Å²) in [6.45, 7) is 4.18. The number of hydrogen-bond acceptors (Lipinski definition) is 5. The van der Waals surface area contributed by atoms with Crippen molar-refractivity contribution in [3.8, 4) is 5.75 Å². The molecule has 0 aliphatic heterocycles. The smallest absolute Gasteiger partial charge is 0.264 e. The summed E-state index contributed by atoms with van der Waals surface area (Å²) in [4.78, 5) is 2.13. The molecule has 0 unspecified atom stereocenters. The Balaban J connectivity index is 2.04. The van der Waals surface area contributed by atoms with E-state index < -0.39 is 10.1 Å². The number of nitrogens with zero attached hydrogens (tertiary/aromatic N) is 1. The first-order valence-electron chi connectivity index (χ1n) is 9.59. The zero-order valence-corrected chi connectivity index (χ0v) is 17.4. The second kappa shape index (κ2) is 10.9. The number of nitrogens with one attached hydrogen (secondary N) is 1. The maximum atomic E-state index is 11.0. The maximum absolute atomic E-state index is 11.0. The van der Waals surface area contributed by atoms with Gasteiger partial charge in [0.05, 0.1) is 12.9 Å². The minimum absolute atomic E-state index is 0.232. The molecule has 2 aromatic rings. The summed E-state index contributed by atoms with van der Waals surface area (Å²) in [5.41, 5.74) is 3.27. The van der Waals surface area contributed by atoms with E-state index in [1.165, 1.54) is 0 Å². The quantitative estimate of drug-likeness (QED) is 0.412. The minimum Gasteiger partial charge on any atom is -0.496 e. The second-order valence-corrected chi connectivity index (χ2v) is 8.15. The standard InChI is InChI=1S/C21H30N2O4S/c1-3-23(16-9-17-28(24,25)26)20-13-7-14-21(27-2)19(20)12-8-15-22-18-10-5-4-6-11-18/h4-7,10-11,13-14,22H,3,8-9,12,15-17H2,1-2H3,(H,24,25,26). The molecule has 0 saturated heterocycles. The van der Waals surface area contributed by atoms with Gasteiger partial charge in [-0.3, -0.25) is 4.55 Å². The van der Waals surface area contributed by atoms with Gasteiger partial charge in [-0.2, -0.15) is 8.42 Å². The largest absolute Gasteiger partial charge is 0.496 e. The van der Waals surface area contributed by atoms with Crippen molar-refractivity contribution in [3.05, 3.63) is 54.1 Å². The number of methoxy groups -OCH3 is 1. The molecule has 0 aromatic heterocycles. The van der Waals surface area contributed by atoms with Gasteiger partial charge in [-0.25, -0.2) is 0 Å². The van der Waals surface area contributed by atoms with Crippen molar-refractivity contribution in [2.75, 3.05) is 42.7 Å². The highest BCUT2D eigenvalue weighted by Crippen LogP contribution is 2.31. The molecule has 0 spiro atoms. The lowest BCUT2D eigenvalue weighted by atomic mass is 10.0. The van der Waals surface area contributed by atoms with Gasteiger partial charge in [0.25, 0.3) is 10.1 Å². The highest BCUT2D eigenvalue weighted by atomic mass is 32.2. The Labute approximate surface area is 168 Å². The molecule has 7 heteroatoms. The first-order chi connectivity index (χ1) is 13.4. The van der Waals surface area contributed by atoms with Crippen molar-refractivity contribution in [3.63, 3.8) is 0 Å². The van der Waals surface area contributed by atoms with E-state index in [1.54, 1.807) is 7.11 Å². The lowest BCUT2D eigenvalue weighted by Gasteiger charge is -2.27. The van der Waals surface area contributed by atoms with Crippen LogP contribution in [0.2, 0.25) is 0 Å². The van der Waals surface area contributed by atoms with Gasteiger partial charge in [-0.15, -0.1) is 0 Å². The summed E-state index contributed by atoms with van der Waals surface area (Å²) in [7, 11) is -2.27. The highest BCUT2D eigenvalue weighted by Gasteiger charge is 2.15. The van der Waals surface area contributed by atoms with Crippen molar-refractivity contribution in [2.24, 2.45) is 0 Å². The van der Waals surface area contributed by atoms with Crippen LogP contribution in [0.15, 0.2) is 48.5 Å². The van der Waals surface area contributed by atoms with Crippen molar-refractivity contribution in [1.29, 1.82) is 0 Å². The molecule has 28 heavy (non-hydrogen) atoms. The number of para-hydroxylation sites is 1. The van der Waals surface area contributed by atoms with Gasteiger partial charge in [-0.05, 0) is 50.5 Å². The summed E-state index contributed by atoms with van der Waals surface area (Å²) >= 11 is 0. The SMILES string of the molecule is CCN(CCCS(=O)(=O)O)c1cccc(OC)c1CCCNc1ccccc1. The molecule has 0 fully saturated rings. The van der Waals surface area contributed by atoms with Crippen LogP contribution in [-0.4, -0.2) is 45.5 Å². The Morgan fingerprint density at radius 1 is 1.07 bits per heavy atom. The van der Waals surface area contributed by atoms with Gasteiger partial charge in [0.15, 0.2) is 0 Å². The highest BCUT2D eigenvalue weighted by molar-refractivity contribution is 7.85. The summed E-state index contributed by atoms with van der Waals surface area (Å²) in [5, 5.41) is 3.42. The van der Waals surface area contributed by atoms with Crippen LogP contribution >= 0.6 is 0 Å². The Morgan fingerprint density at radius 3 is 2.46 bits per heavy atom. The van der Waals surface area contributed by atoms with E-state index in [0.29, 0.717) is 13.0 Å². The molecule has 0 radical (unpaired) electrons. The fourth-order valence-electron chi connectivity index (χ4n) is 3.23. The van der Waals surface area contributed by atoms with Gasteiger partial charge in [-0.1, -0.05) is 24.3 Å². The number of ether oxygens (including phenoxy) is 1. The average molecular weight is 407 g/mol. The van der Waals surface area contributed by atoms with E-state index in [1.807, 2.05) is 55.5 Å². The topological polar surface area (TPSA) is 78.9 Å². The predicted molar refractivity (Wildman–Crippen MR) is 115 cm³/mol. The Morgan fingerprint density at radius 2 is 1.82 bits per heavy atom. The zero-order chi connectivity index (χ0) is 20.4. The Hall–Kier alpha value is -2.25. The average Bonchev–Trinajstić information content (AvgIpc) is 2.68. The van der Waals surface area contributed by atoms with E-state index in [-0.39, 0.29) is 5.75 Å². The molecule has 2 N–H and O–H groups in total. The Bertz CT molecular complexity index is 826. The van der Waals surface area contributed by atoms with E-state index in [9.17, 15) is 8.42 Å². The van der Waals surface area contributed by atoms with Crippen LogP contribution in [-0.2, 0) is 16.5 Å². The van der Waals surface area contributed by atoms with Crippen LogP contribution in [0.3, 0.4) is 0 Å². The molecule has 2 rings (SSSR count). The molecule has 0 atom stereocenters. The van der Waals surface area contributed by atoms with Gasteiger partial charge in [0.2, 0.25) is 0 Å². The van der Waals surface area contributed by atoms with Gasteiger partial charge >= 0.3 is 0 Å². The molecule has 154 valence electrons. The molecule has 0 amide bonds. The minimum atomic E-state index is -3.94. The molecule has 0 bridgehead atoms. The predicted octanol–water partition coefficient (Wildman–Crippen LogP) is 3.84. The van der Waals surface area contributed by atoms with Crippen molar-refractivity contribution < 1.29 is 17.7 Å². The molecule has 2 aromatic carbocycles. The molecular weight excluding hydrogens is 376 g/mol. The van der Waals surface area contributed by atoms with Gasteiger partial charge in [0, 0.05) is 36.6 Å². The first-order valence-corrected chi connectivity index (χ1v) is 11.2. The molecule has 0 heterocycles. The molecule has 0 aliphatic carbocycles. The van der Waals surface area contributed by atoms with Gasteiger partial charge < -0.3 is 15.0 Å². The van der Waals surface area contributed by atoms with Gasteiger partial charge in [0.1, 0.15) is 5.75 Å². The van der Waals surface area contributed by atoms with E-state index >= 15 is 0 Å². The fraction of sp³-hybridized carbons (Fsp3) is 0.429. The number of rotatable bonds is 12. The zero-order valence-electron chi connectivity index (χ0n) is 16.6. The van der Waals surface area contributed by atoms with E-state index in [0.717, 1.165) is 48.6 Å². The van der Waals surface area contributed by atoms with Crippen molar-refractivity contribution in [2.45, 2.75) is 26.2 Å². The van der Waals surface area contributed by atoms with E-state index in [4.69, 9.17) is 9.29 Å². The monoisotopic (exact) mass is 406 g/mol. The molecule has 0 saturated carbocycles. The molecule has 0 aliphatic rings. The third-order valence-corrected chi connectivity index (χ3v) is 5.39.